The molecule has 6 rings (SSSR count). The number of rotatable bonds is 5. The molecule has 1 aliphatic carbocycles. The highest BCUT2D eigenvalue weighted by Gasteiger charge is 2.57. The van der Waals surface area contributed by atoms with Crippen LogP contribution < -0.4 is 15.2 Å². The number of Topliss-reactive ketones (excluding diaryl/α,β-unsaturated/α-hetero) is 1. The number of nitrogens with two attached hydrogens (primary N) is 1. The first-order valence-electron chi connectivity index (χ1n) is 16.4. The molecule has 1 saturated heterocycles. The molecule has 1 fully saturated rings. The molecule has 12 nitrogen and oxygen atoms in total. The first-order chi connectivity index (χ1) is 23.9. The van der Waals surface area contributed by atoms with E-state index in [0.717, 1.165) is 5.56 Å². The van der Waals surface area contributed by atoms with Gasteiger partial charge in [-0.25, -0.2) is 0 Å². The van der Waals surface area contributed by atoms with Crippen molar-refractivity contribution < 1.29 is 54.8 Å². The Kier molecular flexibility index (Phi) is 11.1. The Morgan fingerprint density at radius 3 is 2.48 bits per heavy atom. The average molecular weight is 730 g/mol. The van der Waals surface area contributed by atoms with Crippen LogP contribution in [0, 0.1) is 12.8 Å². The van der Waals surface area contributed by atoms with Gasteiger partial charge in [-0.05, 0) is 42.3 Å². The van der Waals surface area contributed by atoms with Crippen LogP contribution in [0.1, 0.15) is 39.9 Å². The summed E-state index contributed by atoms with van der Waals surface area (Å²) in [5, 5.41) is 78.2. The maximum atomic E-state index is 13.9. The number of aliphatic hydroxyl groups is 6. The summed E-state index contributed by atoms with van der Waals surface area (Å²) in [5.74, 6) is -1.54. The molecule has 0 amide bonds. The molecule has 4 bridgehead atoms. The third-order valence-corrected chi connectivity index (χ3v) is 13.3. The van der Waals surface area contributed by atoms with Crippen molar-refractivity contribution in [2.24, 2.45) is 11.7 Å². The standard InChI is InChI=1S/C36H43NO11S2/c1-17-10-21-22(16-39)25(46-2)14-26-29(21)30(41)28(17)24(40)13-20(15-38)49-50-27(11-18-6-4-3-5-7-18)23-12-19(37)8-9-36(23,45)34-32(43)31(42)33(44)35(47-26)48-34/h3-10,14,19-20,23,27,31-35,38-39,41-45H,11-13,15-16,37H2,1-2H3. The number of aromatic hydroxyl groups is 1. The van der Waals surface area contributed by atoms with Crippen LogP contribution in [0.5, 0.6) is 17.2 Å². The molecule has 50 heavy (non-hydrogen) atoms. The highest BCUT2D eigenvalue weighted by Crippen LogP contribution is 2.49. The van der Waals surface area contributed by atoms with Gasteiger partial charge in [-0.15, -0.1) is 0 Å². The number of methoxy groups -OCH3 is 1. The Labute approximate surface area is 297 Å². The number of fused-ring (bicyclic) bond motifs is 5. The molecule has 270 valence electrons. The van der Waals surface area contributed by atoms with Gasteiger partial charge in [-0.1, -0.05) is 64.1 Å². The Balaban J connectivity index is 1.55. The molecule has 10 unspecified atom stereocenters. The number of ether oxygens (including phenoxy) is 3. The van der Waals surface area contributed by atoms with Crippen LogP contribution in [0.25, 0.3) is 10.8 Å². The number of carbonyl (C=O) groups excluding carboxylic acids is 1. The van der Waals surface area contributed by atoms with E-state index in [1.54, 1.807) is 19.1 Å². The minimum absolute atomic E-state index is 0.00878. The van der Waals surface area contributed by atoms with Crippen LogP contribution >= 0.6 is 21.6 Å². The van der Waals surface area contributed by atoms with Crippen LogP contribution in [-0.2, 0) is 17.8 Å². The molecule has 2 heterocycles. The van der Waals surface area contributed by atoms with Crippen molar-refractivity contribution in [3.8, 4) is 17.2 Å². The molecule has 3 aromatic rings. The van der Waals surface area contributed by atoms with Crippen LogP contribution in [-0.4, -0.2) is 108 Å². The summed E-state index contributed by atoms with van der Waals surface area (Å²) >= 11 is 0. The van der Waals surface area contributed by atoms with E-state index in [9.17, 15) is 40.5 Å². The van der Waals surface area contributed by atoms with Crippen molar-refractivity contribution in [3.63, 3.8) is 0 Å². The van der Waals surface area contributed by atoms with Gasteiger partial charge in [0.25, 0.3) is 0 Å². The molecule has 10 atom stereocenters. The molecular weight excluding hydrogens is 687 g/mol. The van der Waals surface area contributed by atoms with E-state index >= 15 is 0 Å². The van der Waals surface area contributed by atoms with Gasteiger partial charge < -0.3 is 55.7 Å². The Hall–Kier alpha value is -2.89. The zero-order chi connectivity index (χ0) is 35.9. The molecule has 3 aromatic carbocycles. The van der Waals surface area contributed by atoms with Gasteiger partial charge in [0.1, 0.15) is 47.3 Å². The van der Waals surface area contributed by atoms with E-state index in [0.29, 0.717) is 22.9 Å². The Morgan fingerprint density at radius 1 is 1.06 bits per heavy atom. The van der Waals surface area contributed by atoms with E-state index in [1.165, 1.54) is 40.8 Å². The number of hydrogen-bond acceptors (Lipinski definition) is 14. The number of hydrogen-bond donors (Lipinski definition) is 8. The van der Waals surface area contributed by atoms with Gasteiger partial charge in [0.15, 0.2) is 5.78 Å². The summed E-state index contributed by atoms with van der Waals surface area (Å²) in [4.78, 5) is 13.9. The fourth-order valence-electron chi connectivity index (χ4n) is 7.34. The van der Waals surface area contributed by atoms with E-state index in [-0.39, 0.29) is 41.9 Å². The van der Waals surface area contributed by atoms with Crippen LogP contribution in [0.15, 0.2) is 54.6 Å². The number of phenolic OH excluding ortho intramolecular Hbond substituents is 1. The summed E-state index contributed by atoms with van der Waals surface area (Å²) in [6.07, 6.45) is -5.01. The monoisotopic (exact) mass is 729 g/mol. The Bertz CT molecular complexity index is 1740. The van der Waals surface area contributed by atoms with Gasteiger partial charge in [-0.2, -0.15) is 0 Å². The lowest BCUT2D eigenvalue weighted by atomic mass is 9.69. The lowest BCUT2D eigenvalue weighted by Crippen LogP contribution is -2.68. The van der Waals surface area contributed by atoms with E-state index in [2.05, 4.69) is 0 Å². The van der Waals surface area contributed by atoms with Crippen molar-refractivity contribution >= 4 is 38.1 Å². The second kappa shape index (κ2) is 15.0. The van der Waals surface area contributed by atoms with E-state index in [1.807, 2.05) is 30.3 Å². The topological polar surface area (TPSA) is 212 Å². The van der Waals surface area contributed by atoms with E-state index in [4.69, 9.17) is 19.9 Å². The molecule has 14 heteroatoms. The van der Waals surface area contributed by atoms with Crippen molar-refractivity contribution in [1.82, 2.24) is 0 Å². The van der Waals surface area contributed by atoms with Crippen molar-refractivity contribution in [1.29, 1.82) is 0 Å². The molecule has 3 aliphatic rings. The van der Waals surface area contributed by atoms with Gasteiger partial charge in [0, 0.05) is 40.5 Å². The zero-order valence-corrected chi connectivity index (χ0v) is 29.2. The summed E-state index contributed by atoms with van der Waals surface area (Å²) in [6.45, 7) is 0.795. The zero-order valence-electron chi connectivity index (χ0n) is 27.6. The number of aryl methyl sites for hydroxylation is 1. The molecular formula is C36H43NO11S2. The first kappa shape index (κ1) is 36.9. The number of phenols is 1. The second-order valence-electron chi connectivity index (χ2n) is 13.2. The Morgan fingerprint density at radius 2 is 1.80 bits per heavy atom. The predicted octanol–water partition coefficient (Wildman–Crippen LogP) is 2.12. The highest BCUT2D eigenvalue weighted by molar-refractivity contribution is 8.77. The summed E-state index contributed by atoms with van der Waals surface area (Å²) < 4.78 is 18.0. The fourth-order valence-corrected chi connectivity index (χ4v) is 10.5. The van der Waals surface area contributed by atoms with Crippen LogP contribution in [0.2, 0.25) is 0 Å². The van der Waals surface area contributed by atoms with Gasteiger partial charge in [-0.3, -0.25) is 4.79 Å². The molecule has 0 radical (unpaired) electrons. The molecule has 0 aromatic heterocycles. The summed E-state index contributed by atoms with van der Waals surface area (Å²) in [5.41, 5.74) is 6.13. The lowest BCUT2D eigenvalue weighted by Gasteiger charge is -2.51. The fraction of sp³-hybridized carbons (Fsp3) is 0.472. The number of aliphatic hydroxyl groups excluding tert-OH is 5. The number of ketones is 1. The van der Waals surface area contributed by atoms with Gasteiger partial charge in [0.2, 0.25) is 6.29 Å². The summed E-state index contributed by atoms with van der Waals surface area (Å²) in [6, 6.07) is 12.1. The largest absolute Gasteiger partial charge is 0.506 e. The quantitative estimate of drug-likeness (QED) is 0.140. The highest BCUT2D eigenvalue weighted by atomic mass is 33.1. The normalized spacial score (nSPS) is 33.2. The maximum absolute atomic E-state index is 13.9. The SMILES string of the molecule is COc1cc2c3c(O)c(c(C)cc3c1CO)C(=O)CC(CO)SSC(Cc1ccccc1)C1CC(N)C=CC1(O)C1OC(O2)C(O)C(O)C1O. The van der Waals surface area contributed by atoms with Crippen LogP contribution in [0.4, 0.5) is 0 Å². The smallest absolute Gasteiger partial charge is 0.229 e. The van der Waals surface area contributed by atoms with Gasteiger partial charge >= 0.3 is 0 Å². The van der Waals surface area contributed by atoms with E-state index < -0.39 is 76.9 Å². The molecule has 2 aliphatic heterocycles. The average Bonchev–Trinajstić information content (AvgIpc) is 3.10. The van der Waals surface area contributed by atoms with Gasteiger partial charge in [0.05, 0.1) is 31.3 Å². The van der Waals surface area contributed by atoms with Crippen LogP contribution in [0.3, 0.4) is 0 Å². The molecule has 0 saturated carbocycles. The van der Waals surface area contributed by atoms with Crippen molar-refractivity contribution in [2.45, 2.75) is 85.6 Å². The minimum atomic E-state index is -1.94. The lowest BCUT2D eigenvalue weighted by molar-refractivity contribution is -0.304. The first-order valence-corrected chi connectivity index (χ1v) is 18.7. The summed E-state index contributed by atoms with van der Waals surface area (Å²) in [7, 11) is 4.02. The maximum Gasteiger partial charge on any atom is 0.229 e. The molecule has 0 spiro atoms. The minimum Gasteiger partial charge on any atom is -0.506 e. The van der Waals surface area contributed by atoms with Crippen molar-refractivity contribution in [3.05, 3.63) is 76.9 Å². The third kappa shape index (κ3) is 6.74. The third-order valence-electron chi connectivity index (χ3n) is 9.95. The number of carbonyl (C=O) groups is 1. The predicted molar refractivity (Wildman–Crippen MR) is 189 cm³/mol. The number of benzene rings is 3. The molecule has 9 N–H and O–H groups in total. The second-order valence-corrected chi connectivity index (χ2v) is 16.0. The van der Waals surface area contributed by atoms with Crippen molar-refractivity contribution in [2.75, 3.05) is 13.7 Å².